The topological polar surface area (TPSA) is 46.1 Å². The fourth-order valence-electron chi connectivity index (χ4n) is 3.54. The van der Waals surface area contributed by atoms with E-state index in [1.165, 1.54) is 36.3 Å². The fraction of sp³-hybridized carbons (Fsp3) is 0.222. The van der Waals surface area contributed by atoms with Crippen LogP contribution < -0.4 is 10.2 Å². The third-order valence-electron chi connectivity index (χ3n) is 5.61. The molecule has 2 nitrogen and oxygen atoms in total. The van der Waals surface area contributed by atoms with Crippen LogP contribution in [0.25, 0.3) is 0 Å². The van der Waals surface area contributed by atoms with Crippen LogP contribution in [0, 0.1) is 5.92 Å². The van der Waals surface area contributed by atoms with Crippen molar-refractivity contribution in [2.75, 3.05) is 0 Å². The van der Waals surface area contributed by atoms with Crippen molar-refractivity contribution < 1.29 is 31.5 Å². The zero-order chi connectivity index (χ0) is 22.1. The van der Waals surface area contributed by atoms with Crippen LogP contribution in [0.4, 0.5) is 0 Å². The van der Waals surface area contributed by atoms with Crippen LogP contribution >= 0.6 is 0 Å². The van der Waals surface area contributed by atoms with Gasteiger partial charge in [-0.05, 0) is 0 Å². The summed E-state index contributed by atoms with van der Waals surface area (Å²) < 4.78 is 7.96. The Labute approximate surface area is 188 Å². The van der Waals surface area contributed by atoms with Gasteiger partial charge in [0, 0.05) is 0 Å². The third-order valence-corrected chi connectivity index (χ3v) is 12.0. The summed E-state index contributed by atoms with van der Waals surface area (Å²) in [5.41, 5.74) is 4.65. The van der Waals surface area contributed by atoms with E-state index >= 15 is 0 Å². The molecular formula is C27H30O2Zr. The van der Waals surface area contributed by atoms with Gasteiger partial charge in [-0.2, -0.15) is 0 Å². The van der Waals surface area contributed by atoms with E-state index in [0.717, 1.165) is 0 Å². The molecule has 0 fully saturated rings. The van der Waals surface area contributed by atoms with Crippen molar-refractivity contribution in [3.8, 4) is 11.5 Å². The van der Waals surface area contributed by atoms with Crippen LogP contribution in [0.1, 0.15) is 34.1 Å². The largest absolute Gasteiger partial charge is 0.872 e. The second-order valence-electron chi connectivity index (χ2n) is 7.50. The van der Waals surface area contributed by atoms with Gasteiger partial charge in [-0.15, -0.1) is 11.5 Å². The molecule has 2 aliphatic carbocycles. The van der Waals surface area contributed by atoms with Crippen molar-refractivity contribution in [1.82, 2.24) is 0 Å². The number of benzene rings is 2. The average molecular weight is 478 g/mol. The van der Waals surface area contributed by atoms with E-state index in [9.17, 15) is 10.2 Å². The SMILES string of the molecule is [CH2]=[Zr+2]([C]1=CC=CC1)[C]1=C(C)C(C)=C(C)C1C.[O-]c1ccccc1.[O-]c1ccccc1. The van der Waals surface area contributed by atoms with Crippen molar-refractivity contribution in [2.24, 2.45) is 5.92 Å². The Morgan fingerprint density at radius 3 is 1.63 bits per heavy atom. The molecule has 1 atom stereocenters. The minimum absolute atomic E-state index is 0.0718. The first-order chi connectivity index (χ1) is 14.3. The van der Waals surface area contributed by atoms with Gasteiger partial charge in [0.25, 0.3) is 0 Å². The summed E-state index contributed by atoms with van der Waals surface area (Å²) in [5.74, 6) is 0.804. The smallest absolute Gasteiger partial charge is 0.0623 e. The van der Waals surface area contributed by atoms with Crippen molar-refractivity contribution in [3.05, 3.63) is 102 Å². The zero-order valence-electron chi connectivity index (χ0n) is 18.3. The number of allylic oxidation sites excluding steroid dienone is 8. The van der Waals surface area contributed by atoms with E-state index in [1.54, 1.807) is 42.0 Å². The first-order valence-corrected chi connectivity index (χ1v) is 14.4. The minimum atomic E-state index is -1.73. The first kappa shape index (κ1) is 24.0. The predicted molar refractivity (Wildman–Crippen MR) is 121 cm³/mol. The Bertz CT molecular complexity index is 943. The van der Waals surface area contributed by atoms with Crippen LogP contribution in [-0.4, -0.2) is 4.21 Å². The molecule has 0 aliphatic heterocycles. The van der Waals surface area contributed by atoms with Gasteiger partial charge in [0.2, 0.25) is 0 Å². The van der Waals surface area contributed by atoms with E-state index in [0.29, 0.717) is 5.92 Å². The summed E-state index contributed by atoms with van der Waals surface area (Å²) in [7, 11) is 0. The van der Waals surface area contributed by atoms with Crippen molar-refractivity contribution in [1.29, 1.82) is 0 Å². The van der Waals surface area contributed by atoms with Gasteiger partial charge < -0.3 is 10.2 Å². The molecule has 0 N–H and O–H groups in total. The van der Waals surface area contributed by atoms with E-state index in [4.69, 9.17) is 0 Å². The van der Waals surface area contributed by atoms with E-state index in [1.807, 2.05) is 12.1 Å². The normalized spacial score (nSPS) is 16.8. The van der Waals surface area contributed by atoms with E-state index in [2.05, 4.69) is 50.1 Å². The van der Waals surface area contributed by atoms with Crippen LogP contribution in [0.3, 0.4) is 0 Å². The summed E-state index contributed by atoms with van der Waals surface area (Å²) in [4.78, 5) is 0. The maximum absolute atomic E-state index is 10.3. The second kappa shape index (κ2) is 11.8. The second-order valence-corrected chi connectivity index (χ2v) is 12.8. The van der Waals surface area contributed by atoms with Crippen LogP contribution in [0.15, 0.2) is 102 Å². The molecule has 154 valence electrons. The fourth-order valence-corrected chi connectivity index (χ4v) is 9.40. The number of para-hydroxylation sites is 2. The van der Waals surface area contributed by atoms with Gasteiger partial charge in [-0.25, -0.2) is 0 Å². The molecule has 4 rings (SSSR count). The molecule has 2 aromatic carbocycles. The maximum Gasteiger partial charge on any atom is -0.0623 e. The van der Waals surface area contributed by atoms with Crippen molar-refractivity contribution in [3.63, 3.8) is 0 Å². The minimum Gasteiger partial charge on any atom is -0.872 e. The molecule has 2 aliphatic rings. The molecule has 0 saturated carbocycles. The molecule has 1 unspecified atom stereocenters. The summed E-state index contributed by atoms with van der Waals surface area (Å²) >= 11 is -1.73. The Kier molecular flexibility index (Phi) is 9.46. The molecular weight excluding hydrogens is 448 g/mol. The number of hydrogen-bond acceptors (Lipinski definition) is 2. The van der Waals surface area contributed by atoms with Gasteiger partial charge in [0.1, 0.15) is 0 Å². The monoisotopic (exact) mass is 476 g/mol. The van der Waals surface area contributed by atoms with E-state index < -0.39 is 21.3 Å². The van der Waals surface area contributed by atoms with Gasteiger partial charge >= 0.3 is 107 Å². The molecule has 0 bridgehead atoms. The maximum atomic E-state index is 10.3. The molecule has 0 heterocycles. The Morgan fingerprint density at radius 1 is 0.833 bits per heavy atom. The summed E-state index contributed by atoms with van der Waals surface area (Å²) in [6.45, 7) is 9.21. The average Bonchev–Trinajstić information content (AvgIpc) is 3.35. The van der Waals surface area contributed by atoms with E-state index in [-0.39, 0.29) is 11.5 Å². The Balaban J connectivity index is 0.000000188. The molecule has 30 heavy (non-hydrogen) atoms. The molecule has 0 radical (unpaired) electrons. The van der Waals surface area contributed by atoms with Gasteiger partial charge in [0.05, 0.1) is 0 Å². The predicted octanol–water partition coefficient (Wildman–Crippen LogP) is 5.66. The van der Waals surface area contributed by atoms with Gasteiger partial charge in [0.15, 0.2) is 0 Å². The molecule has 2 aromatic rings. The zero-order valence-corrected chi connectivity index (χ0v) is 20.8. The van der Waals surface area contributed by atoms with Gasteiger partial charge in [-0.1, -0.05) is 60.7 Å². The summed E-state index contributed by atoms with van der Waals surface area (Å²) in [6.07, 6.45) is 7.95. The van der Waals surface area contributed by atoms with Crippen molar-refractivity contribution in [2.45, 2.75) is 34.1 Å². The Hall–Kier alpha value is -2.25. The first-order valence-electron chi connectivity index (χ1n) is 10.2. The number of rotatable bonds is 2. The molecule has 3 heteroatoms. The van der Waals surface area contributed by atoms with Crippen LogP contribution in [0.5, 0.6) is 11.5 Å². The molecule has 0 amide bonds. The summed E-state index contributed by atoms with van der Waals surface area (Å²) in [5, 5.41) is 20.5. The quantitative estimate of drug-likeness (QED) is 0.560. The van der Waals surface area contributed by atoms with Crippen LogP contribution in [0.2, 0.25) is 0 Å². The number of hydrogen-bond donors (Lipinski definition) is 0. The molecule has 0 aromatic heterocycles. The van der Waals surface area contributed by atoms with Crippen LogP contribution in [-0.2, 0) is 21.3 Å². The summed E-state index contributed by atoms with van der Waals surface area (Å²) in [6, 6.07) is 16.7. The molecule has 0 spiro atoms. The standard InChI is InChI=1S/C9H13.2C6H6O.C5H5.CH2.Zr/c1-6-5-7(2)9(4)8(6)3;2*7-6-4-2-1-3-5-6;1-2-4-5-3-1;;/h6H,1-4H3;2*1-5,7H;1-3H,4H2;1H2;/q;;;;;+2/p-2. The Morgan fingerprint density at radius 2 is 1.33 bits per heavy atom. The van der Waals surface area contributed by atoms with Crippen molar-refractivity contribution >= 4 is 4.21 Å². The molecule has 0 saturated heterocycles. The van der Waals surface area contributed by atoms with Gasteiger partial charge in [-0.3, -0.25) is 0 Å². The third kappa shape index (κ3) is 6.64.